The zero-order chi connectivity index (χ0) is 26.8. The molecule has 0 saturated heterocycles. The number of aromatic nitrogens is 4. The van der Waals surface area contributed by atoms with Crippen LogP contribution in [0.5, 0.6) is 0 Å². The Kier molecular flexibility index (Phi) is 6.71. The fraction of sp³-hybridized carbons (Fsp3) is 0.0741. The lowest BCUT2D eigenvalue weighted by molar-refractivity contribution is 0.0928. The largest absolute Gasteiger partial charge is 0.383 e. The van der Waals surface area contributed by atoms with Gasteiger partial charge in [-0.15, -0.1) is 0 Å². The van der Waals surface area contributed by atoms with Crippen LogP contribution >= 0.6 is 11.6 Å². The van der Waals surface area contributed by atoms with E-state index in [1.54, 1.807) is 18.2 Å². The maximum atomic E-state index is 14.7. The van der Waals surface area contributed by atoms with Gasteiger partial charge >= 0.3 is 0 Å². The van der Waals surface area contributed by atoms with Crippen molar-refractivity contribution < 1.29 is 14.0 Å². The number of nitrogen functional groups attached to an aromatic ring is 1. The Morgan fingerprint density at radius 3 is 2.58 bits per heavy atom. The Morgan fingerprint density at radius 2 is 1.84 bits per heavy atom. The number of amides is 2. The summed E-state index contributed by atoms with van der Waals surface area (Å²) in [5, 5.41) is 3.78. The van der Waals surface area contributed by atoms with Crippen molar-refractivity contribution in [2.45, 2.75) is 12.5 Å². The normalized spacial score (nSPS) is 11.8. The van der Waals surface area contributed by atoms with Gasteiger partial charge in [-0.1, -0.05) is 48.0 Å². The van der Waals surface area contributed by atoms with E-state index in [-0.39, 0.29) is 16.3 Å². The fourth-order valence-electron chi connectivity index (χ4n) is 4.10. The molecule has 0 fully saturated rings. The second-order valence-corrected chi connectivity index (χ2v) is 8.93. The number of carbonyl (C=O) groups is 2. The number of H-pyrrole nitrogens is 1. The molecule has 9 nitrogen and oxygen atoms in total. The monoisotopic (exact) mass is 529 g/mol. The van der Waals surface area contributed by atoms with Crippen LogP contribution < -0.4 is 16.8 Å². The molecule has 2 amide bonds. The molecule has 6 N–H and O–H groups in total. The summed E-state index contributed by atoms with van der Waals surface area (Å²) in [5.74, 6) is -1.62. The van der Waals surface area contributed by atoms with Crippen LogP contribution in [0.25, 0.3) is 22.2 Å². The summed E-state index contributed by atoms with van der Waals surface area (Å²) < 4.78 is 14.7. The fourth-order valence-corrected chi connectivity index (χ4v) is 4.35. The van der Waals surface area contributed by atoms with E-state index in [0.717, 1.165) is 11.6 Å². The van der Waals surface area contributed by atoms with Gasteiger partial charge < -0.3 is 21.8 Å². The molecule has 2 heterocycles. The number of nitrogens with zero attached hydrogens (tertiary/aromatic N) is 3. The molecule has 0 bridgehead atoms. The van der Waals surface area contributed by atoms with Gasteiger partial charge in [0.1, 0.15) is 34.6 Å². The van der Waals surface area contributed by atoms with Crippen LogP contribution in [0.4, 0.5) is 10.2 Å². The van der Waals surface area contributed by atoms with Crippen molar-refractivity contribution in [3.05, 3.63) is 107 Å². The Labute approximate surface area is 221 Å². The van der Waals surface area contributed by atoms with Crippen LogP contribution in [0.3, 0.4) is 0 Å². The van der Waals surface area contributed by atoms with E-state index in [2.05, 4.69) is 25.3 Å². The third kappa shape index (κ3) is 5.02. The summed E-state index contributed by atoms with van der Waals surface area (Å²) in [7, 11) is 0. The number of hydrogen-bond acceptors (Lipinski definition) is 6. The molecular formula is C27H21ClFN7O2. The highest BCUT2D eigenvalue weighted by atomic mass is 35.5. The summed E-state index contributed by atoms with van der Waals surface area (Å²) in [6.07, 6.45) is 1.72. The van der Waals surface area contributed by atoms with E-state index in [0.29, 0.717) is 40.2 Å². The number of benzene rings is 3. The molecular weight excluding hydrogens is 509 g/mol. The van der Waals surface area contributed by atoms with Crippen molar-refractivity contribution in [2.75, 3.05) is 5.73 Å². The second kappa shape index (κ2) is 10.3. The molecule has 0 aliphatic heterocycles. The van der Waals surface area contributed by atoms with Crippen molar-refractivity contribution in [3.8, 4) is 11.3 Å². The van der Waals surface area contributed by atoms with Gasteiger partial charge in [0.2, 0.25) is 5.91 Å². The minimum absolute atomic E-state index is 0.0373. The van der Waals surface area contributed by atoms with Gasteiger partial charge in [0.05, 0.1) is 17.1 Å². The molecule has 0 radical (unpaired) electrons. The van der Waals surface area contributed by atoms with Crippen molar-refractivity contribution in [1.82, 2.24) is 25.3 Å². The molecule has 38 heavy (non-hydrogen) atoms. The number of imidazole rings is 1. The average molecular weight is 530 g/mol. The van der Waals surface area contributed by atoms with Crippen molar-refractivity contribution in [1.29, 1.82) is 0 Å². The van der Waals surface area contributed by atoms with E-state index in [1.165, 1.54) is 18.5 Å². The maximum absolute atomic E-state index is 14.7. The van der Waals surface area contributed by atoms with Crippen LogP contribution in [-0.2, 0) is 6.42 Å². The summed E-state index contributed by atoms with van der Waals surface area (Å²) >= 11 is 6.54. The molecule has 11 heteroatoms. The van der Waals surface area contributed by atoms with Crippen LogP contribution in [0.2, 0.25) is 5.15 Å². The smallest absolute Gasteiger partial charge is 0.254 e. The highest BCUT2D eigenvalue weighted by Gasteiger charge is 2.24. The van der Waals surface area contributed by atoms with E-state index < -0.39 is 23.7 Å². The van der Waals surface area contributed by atoms with Crippen LogP contribution in [0, 0.1) is 5.82 Å². The minimum Gasteiger partial charge on any atom is -0.383 e. The number of aromatic amines is 1. The second-order valence-electron chi connectivity index (χ2n) is 8.55. The van der Waals surface area contributed by atoms with Gasteiger partial charge in [-0.05, 0) is 42.3 Å². The number of nitrogens with two attached hydrogens (primary N) is 2. The maximum Gasteiger partial charge on any atom is 0.254 e. The molecule has 0 aliphatic rings. The van der Waals surface area contributed by atoms with Gasteiger partial charge in [-0.2, -0.15) is 0 Å². The molecule has 0 spiro atoms. The quantitative estimate of drug-likeness (QED) is 0.248. The number of hydrogen-bond donors (Lipinski definition) is 4. The predicted octanol–water partition coefficient (Wildman–Crippen LogP) is 4.21. The van der Waals surface area contributed by atoms with Gasteiger partial charge in [-0.25, -0.2) is 19.3 Å². The van der Waals surface area contributed by atoms with Crippen molar-refractivity contribution >= 4 is 40.1 Å². The molecule has 0 saturated carbocycles. The standard InChI is InChI=1S/C27H21ClFN7O2/c28-23-22(15-6-9-18-20(12-15)32-13-33-24(18)30)35-26(36-23)21(10-14-4-2-1-3-5-14)34-27(38)17-8-7-16(25(31)37)11-19(17)29/h1-9,11-13,21H,10H2,(H2,31,37)(H,34,38)(H,35,36)(H2,30,32,33)/t21-/m0/s1. The summed E-state index contributed by atoms with van der Waals surface area (Å²) in [4.78, 5) is 40.4. The predicted molar refractivity (Wildman–Crippen MR) is 142 cm³/mol. The molecule has 0 unspecified atom stereocenters. The summed E-state index contributed by atoms with van der Waals surface area (Å²) in [6, 6.07) is 17.6. The SMILES string of the molecule is NC(=O)c1ccc(C(=O)N[C@@H](Cc2ccccc2)c2nc(-c3ccc4c(N)ncnc4c3)c(Cl)[nH]2)c(F)c1. The highest BCUT2D eigenvalue weighted by molar-refractivity contribution is 6.32. The Bertz CT molecular complexity index is 1670. The van der Waals surface area contributed by atoms with Gasteiger partial charge in [0, 0.05) is 16.5 Å². The molecule has 5 rings (SSSR count). The number of carbonyl (C=O) groups excluding carboxylic acids is 2. The molecule has 3 aromatic carbocycles. The first-order chi connectivity index (χ1) is 18.3. The van der Waals surface area contributed by atoms with Crippen molar-refractivity contribution in [3.63, 3.8) is 0 Å². The van der Waals surface area contributed by atoms with E-state index in [9.17, 15) is 14.0 Å². The molecule has 2 aromatic heterocycles. The van der Waals surface area contributed by atoms with E-state index in [4.69, 9.17) is 23.1 Å². The molecule has 0 aliphatic carbocycles. The zero-order valence-corrected chi connectivity index (χ0v) is 20.5. The zero-order valence-electron chi connectivity index (χ0n) is 19.8. The lowest BCUT2D eigenvalue weighted by atomic mass is 10.0. The summed E-state index contributed by atoms with van der Waals surface area (Å²) in [6.45, 7) is 0. The lowest BCUT2D eigenvalue weighted by Crippen LogP contribution is -2.31. The number of anilines is 1. The highest BCUT2D eigenvalue weighted by Crippen LogP contribution is 2.31. The number of nitrogens with one attached hydrogen (secondary N) is 2. The first-order valence-corrected chi connectivity index (χ1v) is 11.9. The third-order valence-electron chi connectivity index (χ3n) is 6.04. The number of primary amides is 1. The Morgan fingerprint density at radius 1 is 1.05 bits per heavy atom. The van der Waals surface area contributed by atoms with Gasteiger partial charge in [0.15, 0.2) is 0 Å². The van der Waals surface area contributed by atoms with Gasteiger partial charge in [-0.3, -0.25) is 9.59 Å². The average Bonchev–Trinajstić information content (AvgIpc) is 3.30. The lowest BCUT2D eigenvalue weighted by Gasteiger charge is -2.17. The van der Waals surface area contributed by atoms with E-state index >= 15 is 0 Å². The number of fused-ring (bicyclic) bond motifs is 1. The first-order valence-electron chi connectivity index (χ1n) is 11.5. The topological polar surface area (TPSA) is 153 Å². The third-order valence-corrected chi connectivity index (χ3v) is 6.31. The molecule has 190 valence electrons. The number of halogens is 2. The van der Waals surface area contributed by atoms with Crippen LogP contribution in [0.1, 0.15) is 38.1 Å². The van der Waals surface area contributed by atoms with Crippen molar-refractivity contribution in [2.24, 2.45) is 5.73 Å². The Balaban J connectivity index is 1.49. The first kappa shape index (κ1) is 24.8. The minimum atomic E-state index is -0.868. The van der Waals surface area contributed by atoms with Crippen LogP contribution in [0.15, 0.2) is 73.1 Å². The number of rotatable bonds is 7. The van der Waals surface area contributed by atoms with Crippen LogP contribution in [-0.4, -0.2) is 31.8 Å². The summed E-state index contributed by atoms with van der Waals surface area (Å²) in [5.41, 5.74) is 13.5. The molecule has 5 aromatic rings. The Hall–Kier alpha value is -4.83. The molecule has 1 atom stereocenters. The van der Waals surface area contributed by atoms with Gasteiger partial charge in [0.25, 0.3) is 5.91 Å². The van der Waals surface area contributed by atoms with E-state index in [1.807, 2.05) is 30.3 Å².